The second kappa shape index (κ2) is 5.29. The van der Waals surface area contributed by atoms with Gasteiger partial charge in [0, 0.05) is 0 Å². The van der Waals surface area contributed by atoms with Crippen molar-refractivity contribution in [1.29, 1.82) is 0 Å². The highest BCUT2D eigenvalue weighted by Gasteiger charge is 2.10. The van der Waals surface area contributed by atoms with Gasteiger partial charge in [-0.2, -0.15) is 0 Å². The van der Waals surface area contributed by atoms with Crippen LogP contribution in [0, 0.1) is 0 Å². The van der Waals surface area contributed by atoms with Crippen LogP contribution in [0.5, 0.6) is 0 Å². The number of hydrogen-bond acceptors (Lipinski definition) is 1. The number of aliphatic carboxylic acids is 1. The number of allylic oxidation sites excluding steroid dienone is 1. The molecule has 0 aliphatic carbocycles. The molecule has 3 heteroatoms. The summed E-state index contributed by atoms with van der Waals surface area (Å²) in [7, 11) is 0. The number of benzene rings is 1. The van der Waals surface area contributed by atoms with E-state index in [-0.39, 0.29) is 0 Å². The van der Waals surface area contributed by atoms with Crippen LogP contribution in [0.1, 0.15) is 25.3 Å². The molecule has 0 saturated heterocycles. The van der Waals surface area contributed by atoms with Gasteiger partial charge in [0.2, 0.25) is 0 Å². The molecular weight excluding hydrogens is 195 g/mol. The van der Waals surface area contributed by atoms with E-state index in [9.17, 15) is 9.18 Å². The zero-order chi connectivity index (χ0) is 11.3. The largest absolute Gasteiger partial charge is 0.481 e. The van der Waals surface area contributed by atoms with E-state index in [0.717, 1.165) is 5.56 Å². The number of carboxylic acid groups (broad SMARTS) is 1. The first-order chi connectivity index (χ1) is 7.15. The summed E-state index contributed by atoms with van der Waals surface area (Å²) in [5, 5.41) is 8.50. The van der Waals surface area contributed by atoms with Crippen molar-refractivity contribution < 1.29 is 14.3 Å². The molecule has 0 aliphatic rings. The monoisotopic (exact) mass is 208 g/mol. The zero-order valence-corrected chi connectivity index (χ0v) is 8.53. The number of rotatable bonds is 4. The van der Waals surface area contributed by atoms with E-state index >= 15 is 0 Å². The van der Waals surface area contributed by atoms with E-state index < -0.39 is 18.2 Å². The molecule has 0 amide bonds. The third-order valence-corrected chi connectivity index (χ3v) is 2.11. The lowest BCUT2D eigenvalue weighted by Crippen LogP contribution is -1.97. The van der Waals surface area contributed by atoms with Crippen LogP contribution in [0.4, 0.5) is 4.39 Å². The third-order valence-electron chi connectivity index (χ3n) is 2.11. The molecule has 0 aromatic heterocycles. The van der Waals surface area contributed by atoms with Crippen LogP contribution in [-0.4, -0.2) is 11.1 Å². The van der Waals surface area contributed by atoms with Gasteiger partial charge in [0.25, 0.3) is 0 Å². The minimum Gasteiger partial charge on any atom is -0.481 e. The van der Waals surface area contributed by atoms with Gasteiger partial charge in [-0.05, 0) is 17.6 Å². The molecule has 1 rings (SSSR count). The zero-order valence-electron chi connectivity index (χ0n) is 8.53. The Bertz CT molecular complexity index is 368. The Morgan fingerprint density at radius 2 is 1.93 bits per heavy atom. The van der Waals surface area contributed by atoms with Crippen LogP contribution in [0.2, 0.25) is 0 Å². The summed E-state index contributed by atoms with van der Waals surface area (Å²) >= 11 is 0. The van der Waals surface area contributed by atoms with Crippen LogP contribution >= 0.6 is 0 Å². The van der Waals surface area contributed by atoms with Gasteiger partial charge < -0.3 is 5.11 Å². The molecule has 0 bridgehead atoms. The molecule has 1 N–H and O–H groups in total. The highest BCUT2D eigenvalue weighted by molar-refractivity contribution is 5.75. The highest BCUT2D eigenvalue weighted by Crippen LogP contribution is 2.24. The van der Waals surface area contributed by atoms with E-state index in [1.165, 1.54) is 0 Å². The molecule has 0 radical (unpaired) electrons. The fourth-order valence-corrected chi connectivity index (χ4v) is 1.43. The van der Waals surface area contributed by atoms with E-state index in [1.54, 1.807) is 24.3 Å². The average molecular weight is 208 g/mol. The Morgan fingerprint density at radius 3 is 2.40 bits per heavy atom. The van der Waals surface area contributed by atoms with Crippen LogP contribution in [0.15, 0.2) is 36.2 Å². The SMILES string of the molecule is CC/C(=C(/F)CC(=O)O)c1ccccc1. The smallest absolute Gasteiger partial charge is 0.310 e. The molecular formula is C12H13FO2. The summed E-state index contributed by atoms with van der Waals surface area (Å²) in [6.45, 7) is 1.81. The first-order valence-electron chi connectivity index (χ1n) is 4.80. The van der Waals surface area contributed by atoms with E-state index in [0.29, 0.717) is 12.0 Å². The van der Waals surface area contributed by atoms with Crippen LogP contribution < -0.4 is 0 Å². The molecule has 1 aromatic rings. The standard InChI is InChI=1S/C12H13FO2/c1-2-10(11(13)8-12(14)15)9-6-4-3-5-7-9/h3-7H,2,8H2,1H3,(H,14,15)/b11-10-. The lowest BCUT2D eigenvalue weighted by Gasteiger charge is -2.06. The minimum atomic E-state index is -1.14. The Balaban J connectivity index is 3.02. The number of halogens is 1. The van der Waals surface area contributed by atoms with Crippen LogP contribution in [0.25, 0.3) is 5.57 Å². The molecule has 0 atom stereocenters. The summed E-state index contributed by atoms with van der Waals surface area (Å²) in [5.41, 5.74) is 1.22. The van der Waals surface area contributed by atoms with Crippen LogP contribution in [-0.2, 0) is 4.79 Å². The molecule has 0 aliphatic heterocycles. The van der Waals surface area contributed by atoms with E-state index in [4.69, 9.17) is 5.11 Å². The van der Waals surface area contributed by atoms with Crippen LogP contribution in [0.3, 0.4) is 0 Å². The first-order valence-corrected chi connectivity index (χ1v) is 4.80. The van der Waals surface area contributed by atoms with Crippen molar-refractivity contribution in [1.82, 2.24) is 0 Å². The Labute approximate surface area is 88.1 Å². The molecule has 0 heterocycles. The topological polar surface area (TPSA) is 37.3 Å². The molecule has 2 nitrogen and oxygen atoms in total. The Kier molecular flexibility index (Phi) is 4.03. The number of carboxylic acids is 1. The lowest BCUT2D eigenvalue weighted by atomic mass is 10.0. The summed E-state index contributed by atoms with van der Waals surface area (Å²) in [5.74, 6) is -1.70. The molecule has 0 spiro atoms. The molecule has 0 saturated carbocycles. The van der Waals surface area contributed by atoms with Crippen molar-refractivity contribution >= 4 is 11.5 Å². The van der Waals surface area contributed by atoms with Gasteiger partial charge in [-0.3, -0.25) is 4.79 Å². The number of hydrogen-bond donors (Lipinski definition) is 1. The normalized spacial score (nSPS) is 12.1. The summed E-state index contributed by atoms with van der Waals surface area (Å²) in [6, 6.07) is 9.00. The summed E-state index contributed by atoms with van der Waals surface area (Å²) < 4.78 is 13.5. The predicted octanol–water partition coefficient (Wildman–Crippen LogP) is 3.25. The van der Waals surface area contributed by atoms with Crippen molar-refractivity contribution in [3.05, 3.63) is 41.7 Å². The Hall–Kier alpha value is -1.64. The fourth-order valence-electron chi connectivity index (χ4n) is 1.43. The first kappa shape index (κ1) is 11.4. The second-order valence-electron chi connectivity index (χ2n) is 3.17. The fraction of sp³-hybridized carbons (Fsp3) is 0.250. The maximum absolute atomic E-state index is 13.5. The molecule has 15 heavy (non-hydrogen) atoms. The minimum absolute atomic E-state index is 0.470. The van der Waals surface area contributed by atoms with E-state index in [2.05, 4.69) is 0 Å². The maximum atomic E-state index is 13.5. The molecule has 1 aromatic carbocycles. The predicted molar refractivity (Wildman–Crippen MR) is 57.0 cm³/mol. The van der Waals surface area contributed by atoms with Crippen molar-refractivity contribution in [2.45, 2.75) is 19.8 Å². The van der Waals surface area contributed by atoms with Crippen molar-refractivity contribution in [3.8, 4) is 0 Å². The van der Waals surface area contributed by atoms with Gasteiger partial charge >= 0.3 is 5.97 Å². The molecule has 80 valence electrons. The van der Waals surface area contributed by atoms with Gasteiger partial charge in [-0.1, -0.05) is 37.3 Å². The average Bonchev–Trinajstić information content (AvgIpc) is 2.19. The summed E-state index contributed by atoms with van der Waals surface area (Å²) in [6.07, 6.45) is -0.0544. The maximum Gasteiger partial charge on any atom is 0.310 e. The molecule has 0 fully saturated rings. The third kappa shape index (κ3) is 3.20. The van der Waals surface area contributed by atoms with Gasteiger partial charge in [0.1, 0.15) is 5.83 Å². The van der Waals surface area contributed by atoms with Gasteiger partial charge in [0.15, 0.2) is 0 Å². The lowest BCUT2D eigenvalue weighted by molar-refractivity contribution is -0.136. The van der Waals surface area contributed by atoms with Crippen molar-refractivity contribution in [2.75, 3.05) is 0 Å². The van der Waals surface area contributed by atoms with Gasteiger partial charge in [0.05, 0.1) is 6.42 Å². The summed E-state index contributed by atoms with van der Waals surface area (Å²) in [4.78, 5) is 10.4. The van der Waals surface area contributed by atoms with E-state index in [1.807, 2.05) is 13.0 Å². The van der Waals surface area contributed by atoms with Crippen molar-refractivity contribution in [2.24, 2.45) is 0 Å². The quantitative estimate of drug-likeness (QED) is 0.824. The van der Waals surface area contributed by atoms with Gasteiger partial charge in [-0.25, -0.2) is 4.39 Å². The van der Waals surface area contributed by atoms with Crippen molar-refractivity contribution in [3.63, 3.8) is 0 Å². The number of carbonyl (C=O) groups is 1. The van der Waals surface area contributed by atoms with Gasteiger partial charge in [-0.15, -0.1) is 0 Å². The second-order valence-corrected chi connectivity index (χ2v) is 3.17. The Morgan fingerprint density at radius 1 is 1.33 bits per heavy atom. The molecule has 0 unspecified atom stereocenters. The highest BCUT2D eigenvalue weighted by atomic mass is 19.1.